The molecule has 582 valence electrons. The Morgan fingerprint density at radius 1 is 0.276 bits per heavy atom. The summed E-state index contributed by atoms with van der Waals surface area (Å²) >= 11 is 0. The third-order valence-corrected chi connectivity index (χ3v) is 20.3. The Hall–Kier alpha value is -1.94. The minimum atomic E-state index is -4.96. The van der Waals surface area contributed by atoms with E-state index in [0.717, 1.165) is 108 Å². The van der Waals surface area contributed by atoms with Crippen molar-refractivity contribution in [2.75, 3.05) is 39.6 Å². The monoisotopic (exact) mass is 1440 g/mol. The molecule has 0 fully saturated rings. The molecule has 0 aromatic rings. The van der Waals surface area contributed by atoms with Gasteiger partial charge >= 0.3 is 39.5 Å². The number of carbonyl (C=O) groups is 4. The molecule has 2 unspecified atom stereocenters. The highest BCUT2D eigenvalue weighted by atomic mass is 31.2. The third-order valence-electron chi connectivity index (χ3n) is 18.4. The standard InChI is InChI=1S/C79H154O17P2/c1-8-9-10-11-12-13-14-15-16-17-20-23-26-32-39-46-53-60-76(81)89-66-74(95-78(83)62-55-48-40-33-27-24-21-18-19-22-25-30-36-43-50-57-70(2)3)68-93-97(85,86)91-64-73(80)65-92-98(87,88)94-69-75(67-90-77(82)61-54-47-42-35-38-45-52-59-72(6)7)96-79(84)63-56-49-41-34-29-28-31-37-44-51-58-71(4)5/h70-75,80H,8-69H2,1-7H3,(H,85,86)(H,87,88)/t73-,74-,75-/m1/s1. The molecule has 0 radical (unpaired) electrons. The van der Waals surface area contributed by atoms with Gasteiger partial charge in [-0.2, -0.15) is 0 Å². The largest absolute Gasteiger partial charge is 0.472 e. The smallest absolute Gasteiger partial charge is 0.462 e. The average Bonchev–Trinajstić information content (AvgIpc) is 0.984. The van der Waals surface area contributed by atoms with Gasteiger partial charge in [-0.3, -0.25) is 37.3 Å². The van der Waals surface area contributed by atoms with Crippen molar-refractivity contribution in [3.63, 3.8) is 0 Å². The minimum absolute atomic E-state index is 0.105. The maximum absolute atomic E-state index is 13.1. The van der Waals surface area contributed by atoms with E-state index in [1.165, 1.54) is 212 Å². The van der Waals surface area contributed by atoms with Crippen molar-refractivity contribution in [2.45, 2.75) is 426 Å². The molecule has 3 N–H and O–H groups in total. The fourth-order valence-corrected chi connectivity index (χ4v) is 13.7. The number of rotatable bonds is 77. The quantitative estimate of drug-likeness (QED) is 0.0222. The van der Waals surface area contributed by atoms with Crippen LogP contribution in [0.5, 0.6) is 0 Å². The summed E-state index contributed by atoms with van der Waals surface area (Å²) in [4.78, 5) is 72.9. The van der Waals surface area contributed by atoms with Crippen LogP contribution in [-0.2, 0) is 65.4 Å². The van der Waals surface area contributed by atoms with Crippen LogP contribution in [0, 0.1) is 17.8 Å². The minimum Gasteiger partial charge on any atom is -0.462 e. The summed E-state index contributed by atoms with van der Waals surface area (Å²) in [5.74, 6) is 0.145. The number of carbonyl (C=O) groups excluding carboxylic acids is 4. The van der Waals surface area contributed by atoms with Crippen LogP contribution in [0.25, 0.3) is 0 Å². The van der Waals surface area contributed by atoms with Crippen molar-refractivity contribution in [1.82, 2.24) is 0 Å². The summed E-state index contributed by atoms with van der Waals surface area (Å²) in [6.45, 7) is 11.9. The van der Waals surface area contributed by atoms with Gasteiger partial charge in [-0.25, -0.2) is 9.13 Å². The first-order chi connectivity index (χ1) is 47.2. The number of unbranched alkanes of at least 4 members (excludes halogenated alkanes) is 45. The highest BCUT2D eigenvalue weighted by Gasteiger charge is 2.30. The topological polar surface area (TPSA) is 237 Å². The molecule has 19 heteroatoms. The van der Waals surface area contributed by atoms with Gasteiger partial charge in [0.25, 0.3) is 0 Å². The number of aliphatic hydroxyl groups excluding tert-OH is 1. The fraction of sp³-hybridized carbons (Fsp3) is 0.949. The van der Waals surface area contributed by atoms with Crippen LogP contribution in [0.2, 0.25) is 0 Å². The normalized spacial score (nSPS) is 14.0. The van der Waals surface area contributed by atoms with Crippen LogP contribution in [0.1, 0.15) is 408 Å². The summed E-state index contributed by atoms with van der Waals surface area (Å²) in [7, 11) is -9.92. The summed E-state index contributed by atoms with van der Waals surface area (Å²) in [6, 6.07) is 0. The van der Waals surface area contributed by atoms with E-state index in [1.807, 2.05) is 0 Å². The van der Waals surface area contributed by atoms with Crippen molar-refractivity contribution in [2.24, 2.45) is 17.8 Å². The molecular formula is C79H154O17P2. The van der Waals surface area contributed by atoms with Crippen LogP contribution in [0.4, 0.5) is 0 Å². The lowest BCUT2D eigenvalue weighted by Gasteiger charge is -2.21. The Labute approximate surface area is 600 Å². The maximum Gasteiger partial charge on any atom is 0.472 e. The molecule has 5 atom stereocenters. The number of hydrogen-bond donors (Lipinski definition) is 3. The summed E-state index contributed by atoms with van der Waals surface area (Å²) in [5, 5.41) is 10.6. The lowest BCUT2D eigenvalue weighted by atomic mass is 10.0. The molecule has 0 aliphatic heterocycles. The number of hydrogen-bond acceptors (Lipinski definition) is 15. The molecule has 0 spiro atoms. The summed E-state index contributed by atoms with van der Waals surface area (Å²) in [5.41, 5.74) is 0. The van der Waals surface area contributed by atoms with Crippen LogP contribution in [0.15, 0.2) is 0 Å². The Balaban J connectivity index is 5.24. The Morgan fingerprint density at radius 3 is 0.694 bits per heavy atom. The average molecular weight is 1440 g/mol. The van der Waals surface area contributed by atoms with Gasteiger partial charge in [-0.05, 0) is 43.4 Å². The van der Waals surface area contributed by atoms with Crippen molar-refractivity contribution >= 4 is 39.5 Å². The van der Waals surface area contributed by atoms with Gasteiger partial charge in [-0.1, -0.05) is 357 Å². The van der Waals surface area contributed by atoms with Gasteiger partial charge in [0.1, 0.15) is 19.3 Å². The molecular weight excluding hydrogens is 1280 g/mol. The van der Waals surface area contributed by atoms with E-state index < -0.39 is 97.5 Å². The number of phosphoric acid groups is 2. The first kappa shape index (κ1) is 96.1. The van der Waals surface area contributed by atoms with Crippen molar-refractivity contribution in [1.29, 1.82) is 0 Å². The molecule has 0 saturated heterocycles. The molecule has 17 nitrogen and oxygen atoms in total. The fourth-order valence-electron chi connectivity index (χ4n) is 12.1. The second-order valence-corrected chi connectivity index (χ2v) is 32.8. The Morgan fingerprint density at radius 2 is 0.469 bits per heavy atom. The van der Waals surface area contributed by atoms with E-state index in [2.05, 4.69) is 48.5 Å². The van der Waals surface area contributed by atoms with Gasteiger partial charge in [-0.15, -0.1) is 0 Å². The summed E-state index contributed by atoms with van der Waals surface area (Å²) < 4.78 is 68.6. The van der Waals surface area contributed by atoms with Gasteiger partial charge in [0.15, 0.2) is 12.2 Å². The molecule has 0 bridgehead atoms. The number of esters is 4. The molecule has 0 saturated carbocycles. The van der Waals surface area contributed by atoms with E-state index in [0.29, 0.717) is 31.6 Å². The van der Waals surface area contributed by atoms with Gasteiger partial charge in [0.05, 0.1) is 26.4 Å². The third kappa shape index (κ3) is 72.4. The molecule has 0 heterocycles. The first-order valence-corrected chi connectivity index (χ1v) is 43.8. The molecule has 0 aliphatic rings. The summed E-state index contributed by atoms with van der Waals surface area (Å²) in [6.07, 6.45) is 57.0. The molecule has 0 aromatic carbocycles. The van der Waals surface area contributed by atoms with Crippen LogP contribution in [-0.4, -0.2) is 96.7 Å². The Bertz CT molecular complexity index is 1900. The van der Waals surface area contributed by atoms with E-state index in [-0.39, 0.29) is 25.7 Å². The van der Waals surface area contributed by atoms with Crippen molar-refractivity contribution in [3.05, 3.63) is 0 Å². The zero-order chi connectivity index (χ0) is 72.3. The maximum atomic E-state index is 13.1. The van der Waals surface area contributed by atoms with E-state index in [1.54, 1.807) is 0 Å². The van der Waals surface area contributed by atoms with E-state index in [4.69, 9.17) is 37.0 Å². The van der Waals surface area contributed by atoms with Gasteiger partial charge < -0.3 is 33.8 Å². The molecule has 0 amide bonds. The van der Waals surface area contributed by atoms with Crippen molar-refractivity contribution in [3.8, 4) is 0 Å². The number of phosphoric ester groups is 2. The van der Waals surface area contributed by atoms with Gasteiger partial charge in [0.2, 0.25) is 0 Å². The van der Waals surface area contributed by atoms with Crippen LogP contribution in [0.3, 0.4) is 0 Å². The zero-order valence-corrected chi connectivity index (χ0v) is 66.0. The molecule has 98 heavy (non-hydrogen) atoms. The SMILES string of the molecule is CCCCCCCCCCCCCCCCCCCC(=O)OC[C@H](COP(=O)(O)OC[C@@H](O)COP(=O)(O)OC[C@@H](COC(=O)CCCCCCCCCC(C)C)OC(=O)CCCCCCCCCCCCC(C)C)OC(=O)CCCCCCCCCCCCCCCCCC(C)C. The highest BCUT2D eigenvalue weighted by Crippen LogP contribution is 2.45. The van der Waals surface area contributed by atoms with E-state index >= 15 is 0 Å². The van der Waals surface area contributed by atoms with Crippen LogP contribution >= 0.6 is 15.6 Å². The number of ether oxygens (including phenoxy) is 4. The number of aliphatic hydroxyl groups is 1. The highest BCUT2D eigenvalue weighted by molar-refractivity contribution is 7.47. The molecule has 0 aromatic heterocycles. The predicted octanol–water partition coefficient (Wildman–Crippen LogP) is 23.4. The second kappa shape index (κ2) is 69.4. The van der Waals surface area contributed by atoms with Crippen molar-refractivity contribution < 1.29 is 80.2 Å². The zero-order valence-electron chi connectivity index (χ0n) is 64.3. The Kier molecular flexibility index (Phi) is 68.1. The second-order valence-electron chi connectivity index (χ2n) is 29.9. The molecule has 0 aliphatic carbocycles. The predicted molar refractivity (Wildman–Crippen MR) is 400 cm³/mol. The first-order valence-electron chi connectivity index (χ1n) is 40.8. The van der Waals surface area contributed by atoms with Gasteiger partial charge in [0, 0.05) is 25.7 Å². The van der Waals surface area contributed by atoms with E-state index in [9.17, 15) is 43.2 Å². The molecule has 0 rings (SSSR count). The lowest BCUT2D eigenvalue weighted by Crippen LogP contribution is -2.30. The van der Waals surface area contributed by atoms with Crippen LogP contribution < -0.4 is 0 Å². The lowest BCUT2D eigenvalue weighted by molar-refractivity contribution is -0.161.